The van der Waals surface area contributed by atoms with Crippen LogP contribution in [0.2, 0.25) is 0 Å². The molecule has 0 saturated carbocycles. The van der Waals surface area contributed by atoms with E-state index < -0.39 is 0 Å². The molecule has 1 aromatic heterocycles. The minimum Gasteiger partial charge on any atom is -0.324 e. The molecule has 0 aliphatic rings. The second kappa shape index (κ2) is 4.94. The Morgan fingerprint density at radius 3 is 2.69 bits per heavy atom. The zero-order valence-corrected chi connectivity index (χ0v) is 10.5. The van der Waals surface area contributed by atoms with E-state index in [1.54, 1.807) is 12.4 Å². The molecule has 2 rings (SSSR count). The summed E-state index contributed by atoms with van der Waals surface area (Å²) in [5.41, 5.74) is 1.71. The molecule has 4 heteroatoms. The first kappa shape index (κ1) is 10.9. The Morgan fingerprint density at radius 2 is 2.00 bits per heavy atom. The molecule has 1 aromatic carbocycles. The van der Waals surface area contributed by atoms with Crippen molar-refractivity contribution in [1.29, 1.82) is 0 Å². The second-order valence-corrected chi connectivity index (χ2v) is 4.32. The first-order valence-electron chi connectivity index (χ1n) is 4.59. The van der Waals surface area contributed by atoms with Gasteiger partial charge in [0.25, 0.3) is 0 Å². The van der Waals surface area contributed by atoms with Gasteiger partial charge in [-0.05, 0) is 40.8 Å². The van der Waals surface area contributed by atoms with Crippen LogP contribution in [0.4, 0.5) is 11.6 Å². The van der Waals surface area contributed by atoms with E-state index in [4.69, 9.17) is 6.42 Å². The summed E-state index contributed by atoms with van der Waals surface area (Å²) in [5, 5.41) is 3.08. The lowest BCUT2D eigenvalue weighted by molar-refractivity contribution is 1.15. The van der Waals surface area contributed by atoms with Crippen LogP contribution < -0.4 is 5.32 Å². The molecule has 0 radical (unpaired) electrons. The monoisotopic (exact) mass is 321 g/mol. The number of halogens is 1. The lowest BCUT2D eigenvalue weighted by Gasteiger charge is -2.04. The van der Waals surface area contributed by atoms with E-state index in [1.807, 2.05) is 24.3 Å². The molecule has 78 valence electrons. The first-order chi connectivity index (χ1) is 7.78. The number of nitrogens with zero attached hydrogens (tertiary/aromatic N) is 2. The van der Waals surface area contributed by atoms with Gasteiger partial charge in [0.1, 0.15) is 0 Å². The van der Waals surface area contributed by atoms with Crippen molar-refractivity contribution in [2.45, 2.75) is 0 Å². The predicted molar refractivity (Wildman–Crippen MR) is 72.4 cm³/mol. The summed E-state index contributed by atoms with van der Waals surface area (Å²) in [5.74, 6) is 3.14. The molecule has 0 spiro atoms. The molecule has 0 unspecified atom stereocenters. The van der Waals surface area contributed by atoms with Gasteiger partial charge in [-0.15, -0.1) is 6.42 Å². The fourth-order valence-electron chi connectivity index (χ4n) is 1.19. The fraction of sp³-hybridized carbons (Fsp3) is 0. The van der Waals surface area contributed by atoms with Crippen molar-refractivity contribution >= 4 is 34.2 Å². The van der Waals surface area contributed by atoms with E-state index in [0.29, 0.717) is 5.95 Å². The molecule has 0 bridgehead atoms. The van der Waals surface area contributed by atoms with Gasteiger partial charge < -0.3 is 5.32 Å². The van der Waals surface area contributed by atoms with Crippen LogP contribution >= 0.6 is 22.6 Å². The molecule has 16 heavy (non-hydrogen) atoms. The van der Waals surface area contributed by atoms with Crippen molar-refractivity contribution < 1.29 is 0 Å². The van der Waals surface area contributed by atoms with Crippen LogP contribution in [0.5, 0.6) is 0 Å². The highest BCUT2D eigenvalue weighted by molar-refractivity contribution is 14.1. The average molecular weight is 321 g/mol. The number of nitrogens with one attached hydrogen (secondary N) is 1. The van der Waals surface area contributed by atoms with Gasteiger partial charge in [-0.25, -0.2) is 9.97 Å². The highest BCUT2D eigenvalue weighted by atomic mass is 127. The topological polar surface area (TPSA) is 37.8 Å². The molecule has 0 fully saturated rings. The Bertz CT molecular complexity index is 529. The molecule has 1 heterocycles. The minimum absolute atomic E-state index is 0.564. The summed E-state index contributed by atoms with van der Waals surface area (Å²) in [6, 6.07) is 7.56. The molecule has 2 aromatic rings. The Morgan fingerprint density at radius 1 is 1.25 bits per heavy atom. The second-order valence-electron chi connectivity index (χ2n) is 3.08. The van der Waals surface area contributed by atoms with E-state index in [2.05, 4.69) is 43.8 Å². The van der Waals surface area contributed by atoms with Crippen LogP contribution in [0.3, 0.4) is 0 Å². The zero-order valence-electron chi connectivity index (χ0n) is 8.31. The van der Waals surface area contributed by atoms with Gasteiger partial charge in [-0.1, -0.05) is 12.0 Å². The Hall–Kier alpha value is -1.61. The molecule has 0 amide bonds. The molecule has 0 saturated heterocycles. The summed E-state index contributed by atoms with van der Waals surface area (Å²) >= 11 is 2.16. The molecular formula is C12H8IN3. The van der Waals surface area contributed by atoms with E-state index in [9.17, 15) is 0 Å². The number of anilines is 2. The lowest BCUT2D eigenvalue weighted by atomic mass is 10.2. The highest BCUT2D eigenvalue weighted by Crippen LogP contribution is 2.14. The third-order valence-corrected chi connectivity index (χ3v) is 2.46. The third kappa shape index (κ3) is 2.70. The summed E-state index contributed by atoms with van der Waals surface area (Å²) in [6.07, 6.45) is 8.82. The van der Waals surface area contributed by atoms with E-state index >= 15 is 0 Å². The van der Waals surface area contributed by atoms with Gasteiger partial charge in [-0.2, -0.15) is 0 Å². The Balaban J connectivity index is 2.21. The van der Waals surface area contributed by atoms with Gasteiger partial charge in [0, 0.05) is 27.2 Å². The van der Waals surface area contributed by atoms with Gasteiger partial charge >= 0.3 is 0 Å². The van der Waals surface area contributed by atoms with Crippen molar-refractivity contribution in [3.63, 3.8) is 0 Å². The Kier molecular flexibility index (Phi) is 3.37. The van der Waals surface area contributed by atoms with Gasteiger partial charge in [0.05, 0.1) is 0 Å². The molecule has 3 nitrogen and oxygen atoms in total. The maximum atomic E-state index is 5.32. The number of aromatic nitrogens is 2. The van der Waals surface area contributed by atoms with Gasteiger partial charge in [-0.3, -0.25) is 0 Å². The van der Waals surface area contributed by atoms with Crippen LogP contribution in [-0.4, -0.2) is 9.97 Å². The summed E-state index contributed by atoms with van der Waals surface area (Å²) in [7, 11) is 0. The number of hydrogen-bond acceptors (Lipinski definition) is 3. The lowest BCUT2D eigenvalue weighted by Crippen LogP contribution is -1.96. The zero-order chi connectivity index (χ0) is 11.4. The van der Waals surface area contributed by atoms with Crippen LogP contribution in [0.15, 0.2) is 36.7 Å². The van der Waals surface area contributed by atoms with E-state index in [1.165, 1.54) is 0 Å². The molecule has 0 aliphatic carbocycles. The number of terminal acetylenes is 1. The highest BCUT2D eigenvalue weighted by Gasteiger charge is 1.97. The number of rotatable bonds is 2. The number of hydrogen-bond donors (Lipinski definition) is 1. The van der Waals surface area contributed by atoms with Crippen molar-refractivity contribution in [3.8, 4) is 12.3 Å². The fourth-order valence-corrected chi connectivity index (χ4v) is 1.47. The van der Waals surface area contributed by atoms with Crippen molar-refractivity contribution in [1.82, 2.24) is 9.97 Å². The van der Waals surface area contributed by atoms with Crippen LogP contribution in [0.25, 0.3) is 0 Å². The number of benzene rings is 1. The van der Waals surface area contributed by atoms with Gasteiger partial charge in [0.2, 0.25) is 5.95 Å². The van der Waals surface area contributed by atoms with Crippen molar-refractivity contribution in [2.24, 2.45) is 0 Å². The van der Waals surface area contributed by atoms with Crippen LogP contribution in [-0.2, 0) is 0 Å². The summed E-state index contributed by atoms with van der Waals surface area (Å²) in [4.78, 5) is 8.30. The maximum Gasteiger partial charge on any atom is 0.227 e. The van der Waals surface area contributed by atoms with Crippen molar-refractivity contribution in [3.05, 3.63) is 45.8 Å². The largest absolute Gasteiger partial charge is 0.324 e. The van der Waals surface area contributed by atoms with Crippen LogP contribution in [0, 0.1) is 15.9 Å². The van der Waals surface area contributed by atoms with Crippen molar-refractivity contribution in [2.75, 3.05) is 5.32 Å². The summed E-state index contributed by atoms with van der Waals surface area (Å²) in [6.45, 7) is 0. The molecule has 0 aliphatic heterocycles. The van der Waals surface area contributed by atoms with E-state index in [-0.39, 0.29) is 0 Å². The minimum atomic E-state index is 0.564. The van der Waals surface area contributed by atoms with E-state index in [0.717, 1.165) is 14.8 Å². The summed E-state index contributed by atoms with van der Waals surface area (Å²) < 4.78 is 1.00. The predicted octanol–water partition coefficient (Wildman–Crippen LogP) is 2.81. The normalized spacial score (nSPS) is 9.50. The van der Waals surface area contributed by atoms with Crippen LogP contribution in [0.1, 0.15) is 5.56 Å². The average Bonchev–Trinajstić information content (AvgIpc) is 2.32. The standard InChI is InChI=1S/C12H8IN3/c1-2-9-4-3-5-11(6-9)16-12-14-7-10(13)8-15-12/h1,3-8H,(H,14,15,16). The maximum absolute atomic E-state index is 5.32. The third-order valence-electron chi connectivity index (χ3n) is 1.91. The van der Waals surface area contributed by atoms with Gasteiger partial charge in [0.15, 0.2) is 0 Å². The molecule has 1 N–H and O–H groups in total. The smallest absolute Gasteiger partial charge is 0.227 e. The molecule has 0 atom stereocenters. The molecular weight excluding hydrogens is 313 g/mol. The quantitative estimate of drug-likeness (QED) is 0.683. The first-order valence-corrected chi connectivity index (χ1v) is 5.67. The Labute approximate surface area is 107 Å². The SMILES string of the molecule is C#Cc1cccc(Nc2ncc(I)cn2)c1.